The van der Waals surface area contributed by atoms with E-state index in [0.717, 1.165) is 22.0 Å². The number of nitrogens with zero attached hydrogens (tertiary/aromatic N) is 2. The van der Waals surface area contributed by atoms with Gasteiger partial charge in [-0.15, -0.1) is 16.6 Å². The maximum Gasteiger partial charge on any atom is 0.254 e. The lowest BCUT2D eigenvalue weighted by atomic mass is 10.0. The number of carbonyl (C=O) groups is 1. The molecule has 0 fully saturated rings. The molecule has 33 heavy (non-hydrogen) atoms. The zero-order chi connectivity index (χ0) is 23.2. The maximum absolute atomic E-state index is 12.2. The Morgan fingerprint density at radius 3 is 2.48 bits per heavy atom. The average molecular weight is 438 g/mol. The molecule has 1 aromatic heterocycles. The highest BCUT2D eigenvalue weighted by Crippen LogP contribution is 2.32. The van der Waals surface area contributed by atoms with Gasteiger partial charge >= 0.3 is 0 Å². The molecule has 0 saturated heterocycles. The number of rotatable bonds is 7. The third-order valence-electron chi connectivity index (χ3n) is 5.07. The van der Waals surface area contributed by atoms with Gasteiger partial charge in [0.1, 0.15) is 23.8 Å². The van der Waals surface area contributed by atoms with Gasteiger partial charge in [-0.25, -0.2) is 0 Å². The number of terminal acetylenes is 1. The number of carbonyl (C=O) groups excluding carboxylic acids is 1. The Labute approximate surface area is 191 Å². The first-order chi connectivity index (χ1) is 16.1. The molecule has 0 spiro atoms. The van der Waals surface area contributed by atoms with Crippen LogP contribution in [0.1, 0.15) is 10.4 Å². The summed E-state index contributed by atoms with van der Waals surface area (Å²) < 4.78 is 10.8. The van der Waals surface area contributed by atoms with E-state index in [-0.39, 0.29) is 12.5 Å². The third kappa shape index (κ3) is 4.55. The molecule has 4 aromatic rings. The molecular formula is C26H22N4O3. The van der Waals surface area contributed by atoms with Crippen molar-refractivity contribution in [1.82, 2.24) is 15.5 Å². The Morgan fingerprint density at radius 2 is 1.79 bits per heavy atom. The third-order valence-corrected chi connectivity index (χ3v) is 5.07. The van der Waals surface area contributed by atoms with Gasteiger partial charge in [-0.05, 0) is 42.5 Å². The summed E-state index contributed by atoms with van der Waals surface area (Å²) >= 11 is 0. The van der Waals surface area contributed by atoms with E-state index in [2.05, 4.69) is 26.8 Å². The summed E-state index contributed by atoms with van der Waals surface area (Å²) in [5.74, 6) is 3.97. The van der Waals surface area contributed by atoms with E-state index < -0.39 is 0 Å². The first kappa shape index (κ1) is 21.7. The predicted octanol–water partition coefficient (Wildman–Crippen LogP) is 4.42. The molecule has 0 unspecified atom stereocenters. The van der Waals surface area contributed by atoms with Gasteiger partial charge in [0.15, 0.2) is 5.82 Å². The summed E-state index contributed by atoms with van der Waals surface area (Å²) in [4.78, 5) is 12.2. The van der Waals surface area contributed by atoms with Crippen molar-refractivity contribution in [3.63, 3.8) is 0 Å². The molecule has 0 aliphatic heterocycles. The lowest BCUT2D eigenvalue weighted by molar-refractivity contribution is 0.0960. The zero-order valence-corrected chi connectivity index (χ0v) is 18.3. The van der Waals surface area contributed by atoms with Crippen LogP contribution < -0.4 is 20.1 Å². The molecule has 1 heterocycles. The number of benzene rings is 3. The van der Waals surface area contributed by atoms with Crippen LogP contribution in [0.15, 0.2) is 66.7 Å². The largest absolute Gasteiger partial charge is 0.496 e. The second kappa shape index (κ2) is 9.71. The molecule has 0 radical (unpaired) electrons. The minimum absolute atomic E-state index is 0.218. The van der Waals surface area contributed by atoms with E-state index in [1.54, 1.807) is 19.2 Å². The Hall–Kier alpha value is -4.57. The number of fused-ring (bicyclic) bond motifs is 1. The van der Waals surface area contributed by atoms with Gasteiger partial charge < -0.3 is 20.1 Å². The van der Waals surface area contributed by atoms with Crippen molar-refractivity contribution in [2.45, 2.75) is 0 Å². The summed E-state index contributed by atoms with van der Waals surface area (Å²) in [6.07, 6.45) is 5.25. The highest BCUT2D eigenvalue weighted by Gasteiger charge is 2.14. The highest BCUT2D eigenvalue weighted by molar-refractivity contribution is 6.01. The average Bonchev–Trinajstić information content (AvgIpc) is 2.87. The Kier molecular flexibility index (Phi) is 6.37. The predicted molar refractivity (Wildman–Crippen MR) is 129 cm³/mol. The molecule has 0 aliphatic rings. The van der Waals surface area contributed by atoms with Gasteiger partial charge in [-0.3, -0.25) is 4.79 Å². The molecule has 0 saturated carbocycles. The van der Waals surface area contributed by atoms with Crippen molar-refractivity contribution in [2.75, 3.05) is 26.1 Å². The maximum atomic E-state index is 12.2. The molecule has 7 nitrogen and oxygen atoms in total. The standard InChI is InChI=1S/C26H22N4O3/c1-4-15-33-19-12-9-17(10-13-19)24-20-7-5-6-8-21(20)25(30-29-24)28-18-11-14-23(32-3)22(16-18)26(31)27-2/h1,5-14,16H,15H2,2-3H3,(H,27,31)(H,28,30). The van der Waals surface area contributed by atoms with Crippen LogP contribution in [0.3, 0.4) is 0 Å². The minimum atomic E-state index is -0.239. The van der Waals surface area contributed by atoms with Crippen LogP contribution in [0, 0.1) is 12.3 Å². The topological polar surface area (TPSA) is 85.4 Å². The van der Waals surface area contributed by atoms with Gasteiger partial charge in [0, 0.05) is 29.1 Å². The number of aromatic nitrogens is 2. The highest BCUT2D eigenvalue weighted by atomic mass is 16.5. The number of ether oxygens (including phenoxy) is 2. The Balaban J connectivity index is 1.70. The minimum Gasteiger partial charge on any atom is -0.496 e. The van der Waals surface area contributed by atoms with Crippen molar-refractivity contribution in [1.29, 1.82) is 0 Å². The van der Waals surface area contributed by atoms with Gasteiger partial charge in [-0.2, -0.15) is 0 Å². The molecule has 1 amide bonds. The summed E-state index contributed by atoms with van der Waals surface area (Å²) in [5, 5.41) is 16.7. The molecule has 7 heteroatoms. The van der Waals surface area contributed by atoms with Crippen LogP contribution in [0.25, 0.3) is 22.0 Å². The number of methoxy groups -OCH3 is 1. The summed E-state index contributed by atoms with van der Waals surface area (Å²) in [6.45, 7) is 0.218. The molecule has 0 aliphatic carbocycles. The van der Waals surface area contributed by atoms with Gasteiger partial charge in [0.05, 0.1) is 12.7 Å². The van der Waals surface area contributed by atoms with Crippen LogP contribution in [-0.4, -0.2) is 36.9 Å². The number of amides is 1. The second-order valence-corrected chi connectivity index (χ2v) is 7.08. The lowest BCUT2D eigenvalue weighted by Crippen LogP contribution is -2.18. The SMILES string of the molecule is C#CCOc1ccc(-c2nnc(Nc3ccc(OC)c(C(=O)NC)c3)c3ccccc23)cc1. The lowest BCUT2D eigenvalue weighted by Gasteiger charge is -2.13. The molecule has 2 N–H and O–H groups in total. The Morgan fingerprint density at radius 1 is 1.03 bits per heavy atom. The van der Waals surface area contributed by atoms with E-state index in [4.69, 9.17) is 15.9 Å². The quantitative estimate of drug-likeness (QED) is 0.416. The normalized spacial score (nSPS) is 10.3. The summed E-state index contributed by atoms with van der Waals surface area (Å²) in [5.41, 5.74) is 2.77. The van der Waals surface area contributed by atoms with Gasteiger partial charge in [0.2, 0.25) is 0 Å². The molecule has 164 valence electrons. The van der Waals surface area contributed by atoms with Crippen LogP contribution in [-0.2, 0) is 0 Å². The van der Waals surface area contributed by atoms with Crippen LogP contribution in [0.5, 0.6) is 11.5 Å². The first-order valence-electron chi connectivity index (χ1n) is 10.2. The summed E-state index contributed by atoms with van der Waals surface area (Å²) in [6, 6.07) is 20.7. The fourth-order valence-electron chi connectivity index (χ4n) is 3.48. The summed E-state index contributed by atoms with van der Waals surface area (Å²) in [7, 11) is 3.10. The Bertz CT molecular complexity index is 1340. The van der Waals surface area contributed by atoms with Crippen molar-refractivity contribution in [3.8, 4) is 35.1 Å². The van der Waals surface area contributed by atoms with Crippen LogP contribution in [0.2, 0.25) is 0 Å². The fourth-order valence-corrected chi connectivity index (χ4v) is 3.48. The zero-order valence-electron chi connectivity index (χ0n) is 18.3. The van der Waals surface area contributed by atoms with Crippen molar-refractivity contribution in [3.05, 3.63) is 72.3 Å². The van der Waals surface area contributed by atoms with E-state index in [0.29, 0.717) is 28.6 Å². The molecule has 3 aromatic carbocycles. The number of hydrogen-bond acceptors (Lipinski definition) is 6. The molecule has 0 bridgehead atoms. The fraction of sp³-hybridized carbons (Fsp3) is 0.115. The molecular weight excluding hydrogens is 416 g/mol. The smallest absolute Gasteiger partial charge is 0.254 e. The number of hydrogen-bond donors (Lipinski definition) is 2. The van der Waals surface area contributed by atoms with E-state index in [1.165, 1.54) is 7.11 Å². The number of anilines is 2. The van der Waals surface area contributed by atoms with Crippen molar-refractivity contribution >= 4 is 28.2 Å². The molecule has 4 rings (SSSR count). The van der Waals surface area contributed by atoms with Gasteiger partial charge in [0.25, 0.3) is 5.91 Å². The van der Waals surface area contributed by atoms with E-state index in [9.17, 15) is 4.79 Å². The number of nitrogens with one attached hydrogen (secondary N) is 2. The van der Waals surface area contributed by atoms with Crippen molar-refractivity contribution in [2.24, 2.45) is 0 Å². The van der Waals surface area contributed by atoms with E-state index in [1.807, 2.05) is 54.6 Å². The first-order valence-corrected chi connectivity index (χ1v) is 10.2. The molecule has 0 atom stereocenters. The second-order valence-electron chi connectivity index (χ2n) is 7.08. The van der Waals surface area contributed by atoms with Crippen LogP contribution in [0.4, 0.5) is 11.5 Å². The monoisotopic (exact) mass is 438 g/mol. The van der Waals surface area contributed by atoms with E-state index >= 15 is 0 Å². The van der Waals surface area contributed by atoms with Crippen molar-refractivity contribution < 1.29 is 14.3 Å². The van der Waals surface area contributed by atoms with Crippen LogP contribution >= 0.6 is 0 Å². The van der Waals surface area contributed by atoms with Gasteiger partial charge in [-0.1, -0.05) is 30.2 Å².